The Balaban J connectivity index is 1.90. The van der Waals surface area contributed by atoms with Gasteiger partial charge in [-0.2, -0.15) is 14.9 Å². The summed E-state index contributed by atoms with van der Waals surface area (Å²) in [5.74, 6) is 0.325. The molecule has 0 saturated carbocycles. The summed E-state index contributed by atoms with van der Waals surface area (Å²) in [5, 5.41) is 25.6. The van der Waals surface area contributed by atoms with Crippen molar-refractivity contribution in [2.75, 3.05) is 0 Å². The molecule has 0 aliphatic heterocycles. The summed E-state index contributed by atoms with van der Waals surface area (Å²) in [5.41, 5.74) is 1.02. The minimum absolute atomic E-state index is 0.245. The molecule has 0 N–H and O–H groups in total. The van der Waals surface area contributed by atoms with E-state index in [2.05, 4.69) is 36.3 Å². The monoisotopic (exact) mass is 383 g/mol. The van der Waals surface area contributed by atoms with Crippen LogP contribution >= 0.6 is 15.9 Å². The van der Waals surface area contributed by atoms with Crippen molar-refractivity contribution in [1.29, 1.82) is 5.26 Å². The summed E-state index contributed by atoms with van der Waals surface area (Å²) in [7, 11) is 0. The predicted octanol–water partition coefficient (Wildman–Crippen LogP) is 2.75. The maximum atomic E-state index is 14.0. The molecule has 0 saturated heterocycles. The Kier molecular flexibility index (Phi) is 3.32. The SMILES string of the molecule is N#Cc1nn(-c2ccc3nnc(-c4ccccc4F)n3n2)cc1Br. The summed E-state index contributed by atoms with van der Waals surface area (Å²) >= 11 is 3.26. The zero-order chi connectivity index (χ0) is 16.7. The van der Waals surface area contributed by atoms with Gasteiger partial charge in [-0.3, -0.25) is 0 Å². The normalized spacial score (nSPS) is 10.9. The summed E-state index contributed by atoms with van der Waals surface area (Å²) in [6, 6.07) is 11.6. The lowest BCUT2D eigenvalue weighted by atomic mass is 10.2. The molecule has 9 heteroatoms. The predicted molar refractivity (Wildman–Crippen MR) is 85.7 cm³/mol. The Morgan fingerprint density at radius 3 is 2.67 bits per heavy atom. The van der Waals surface area contributed by atoms with Crippen molar-refractivity contribution in [2.24, 2.45) is 0 Å². The molecule has 0 bridgehead atoms. The molecule has 0 amide bonds. The first kappa shape index (κ1) is 14.5. The number of fused-ring (bicyclic) bond motifs is 1. The molecule has 0 aliphatic rings. The van der Waals surface area contributed by atoms with Crippen LogP contribution in [0.15, 0.2) is 47.1 Å². The van der Waals surface area contributed by atoms with Gasteiger partial charge in [0.1, 0.15) is 11.9 Å². The zero-order valence-corrected chi connectivity index (χ0v) is 13.5. The molecule has 4 aromatic rings. The Morgan fingerprint density at radius 1 is 1.08 bits per heavy atom. The number of nitriles is 1. The van der Waals surface area contributed by atoms with Gasteiger partial charge in [0.25, 0.3) is 0 Å². The molecule has 116 valence electrons. The average molecular weight is 384 g/mol. The molecule has 0 fully saturated rings. The quantitative estimate of drug-likeness (QED) is 0.531. The number of halogens is 2. The van der Waals surface area contributed by atoms with Crippen LogP contribution in [0, 0.1) is 17.1 Å². The maximum Gasteiger partial charge on any atom is 0.188 e. The highest BCUT2D eigenvalue weighted by atomic mass is 79.9. The van der Waals surface area contributed by atoms with Crippen molar-refractivity contribution in [1.82, 2.24) is 29.6 Å². The average Bonchev–Trinajstić information content (AvgIpc) is 3.18. The van der Waals surface area contributed by atoms with Crippen LogP contribution in [0.1, 0.15) is 5.69 Å². The number of hydrogen-bond acceptors (Lipinski definition) is 5. The lowest BCUT2D eigenvalue weighted by molar-refractivity contribution is 0.629. The number of hydrogen-bond donors (Lipinski definition) is 0. The van der Waals surface area contributed by atoms with Crippen LogP contribution in [0.5, 0.6) is 0 Å². The van der Waals surface area contributed by atoms with E-state index in [1.165, 1.54) is 15.3 Å². The van der Waals surface area contributed by atoms with Crippen LogP contribution in [0.4, 0.5) is 4.39 Å². The minimum Gasteiger partial charge on any atom is -0.218 e. The fourth-order valence-corrected chi connectivity index (χ4v) is 2.62. The van der Waals surface area contributed by atoms with Gasteiger partial charge in [0, 0.05) is 6.20 Å². The van der Waals surface area contributed by atoms with E-state index in [0.717, 1.165) is 0 Å². The van der Waals surface area contributed by atoms with Crippen molar-refractivity contribution in [3.8, 4) is 23.3 Å². The third-order valence-corrected chi connectivity index (χ3v) is 3.95. The Bertz CT molecular complexity index is 1110. The van der Waals surface area contributed by atoms with E-state index in [4.69, 9.17) is 5.26 Å². The molecule has 0 unspecified atom stereocenters. The minimum atomic E-state index is -0.410. The Labute approximate surface area is 143 Å². The molecule has 0 aliphatic carbocycles. The van der Waals surface area contributed by atoms with Crippen LogP contribution in [0.25, 0.3) is 22.9 Å². The Morgan fingerprint density at radius 2 is 1.92 bits per heavy atom. The fourth-order valence-electron chi connectivity index (χ4n) is 2.26. The molecule has 3 aromatic heterocycles. The van der Waals surface area contributed by atoms with Gasteiger partial charge in [-0.15, -0.1) is 15.3 Å². The zero-order valence-electron chi connectivity index (χ0n) is 11.9. The topological polar surface area (TPSA) is 84.7 Å². The molecular formula is C15H7BrFN7. The largest absolute Gasteiger partial charge is 0.218 e. The van der Waals surface area contributed by atoms with Crippen molar-refractivity contribution in [2.45, 2.75) is 0 Å². The Hall–Kier alpha value is -3.12. The van der Waals surface area contributed by atoms with E-state index >= 15 is 0 Å². The van der Waals surface area contributed by atoms with Crippen molar-refractivity contribution < 1.29 is 4.39 Å². The lowest BCUT2D eigenvalue weighted by Crippen LogP contribution is -2.04. The maximum absolute atomic E-state index is 14.0. The molecule has 24 heavy (non-hydrogen) atoms. The van der Waals surface area contributed by atoms with Crippen molar-refractivity contribution in [3.63, 3.8) is 0 Å². The van der Waals surface area contributed by atoms with E-state index in [-0.39, 0.29) is 11.5 Å². The van der Waals surface area contributed by atoms with Gasteiger partial charge in [-0.05, 0) is 40.2 Å². The first-order chi connectivity index (χ1) is 11.7. The third kappa shape index (κ3) is 2.24. The highest BCUT2D eigenvalue weighted by Crippen LogP contribution is 2.22. The summed E-state index contributed by atoms with van der Waals surface area (Å²) in [4.78, 5) is 0. The van der Waals surface area contributed by atoms with Gasteiger partial charge in [-0.25, -0.2) is 9.07 Å². The number of nitrogens with zero attached hydrogens (tertiary/aromatic N) is 7. The van der Waals surface area contributed by atoms with Gasteiger partial charge >= 0.3 is 0 Å². The molecular weight excluding hydrogens is 377 g/mol. The van der Waals surface area contributed by atoms with E-state index in [9.17, 15) is 4.39 Å². The van der Waals surface area contributed by atoms with Crippen molar-refractivity contribution in [3.05, 3.63) is 58.6 Å². The third-order valence-electron chi connectivity index (χ3n) is 3.37. The van der Waals surface area contributed by atoms with E-state index < -0.39 is 5.82 Å². The number of rotatable bonds is 2. The van der Waals surface area contributed by atoms with Gasteiger partial charge in [-0.1, -0.05) is 12.1 Å². The second-order valence-corrected chi connectivity index (χ2v) is 5.70. The van der Waals surface area contributed by atoms with E-state index in [1.54, 1.807) is 36.5 Å². The number of benzene rings is 1. The molecule has 3 heterocycles. The highest BCUT2D eigenvalue weighted by molar-refractivity contribution is 9.10. The highest BCUT2D eigenvalue weighted by Gasteiger charge is 2.15. The molecule has 0 spiro atoms. The second-order valence-electron chi connectivity index (χ2n) is 4.85. The molecule has 1 aromatic carbocycles. The second kappa shape index (κ2) is 5.50. The standard InChI is InChI=1S/C15H7BrFN7/c16-10-8-23(21-12(10)7-18)14-6-5-13-19-20-15(24(13)22-14)9-3-1-2-4-11(9)17/h1-6,8H. The first-order valence-electron chi connectivity index (χ1n) is 6.80. The van der Waals surface area contributed by atoms with E-state index in [1.807, 2.05) is 6.07 Å². The van der Waals surface area contributed by atoms with Crippen LogP contribution in [-0.4, -0.2) is 29.6 Å². The molecule has 7 nitrogen and oxygen atoms in total. The lowest BCUT2D eigenvalue weighted by Gasteiger charge is -2.03. The van der Waals surface area contributed by atoms with Gasteiger partial charge in [0.15, 0.2) is 23.0 Å². The van der Waals surface area contributed by atoms with Crippen LogP contribution in [-0.2, 0) is 0 Å². The van der Waals surface area contributed by atoms with Gasteiger partial charge in [0.05, 0.1) is 10.0 Å². The molecule has 0 radical (unpaired) electrons. The fraction of sp³-hybridized carbons (Fsp3) is 0. The number of aromatic nitrogens is 6. The molecule has 4 rings (SSSR count). The van der Waals surface area contributed by atoms with Crippen LogP contribution < -0.4 is 0 Å². The van der Waals surface area contributed by atoms with Crippen molar-refractivity contribution >= 4 is 21.6 Å². The van der Waals surface area contributed by atoms with E-state index in [0.29, 0.717) is 21.5 Å². The van der Waals surface area contributed by atoms with Gasteiger partial charge < -0.3 is 0 Å². The van der Waals surface area contributed by atoms with Gasteiger partial charge in [0.2, 0.25) is 0 Å². The van der Waals surface area contributed by atoms with Crippen LogP contribution in [0.2, 0.25) is 0 Å². The van der Waals surface area contributed by atoms with Crippen LogP contribution in [0.3, 0.4) is 0 Å². The smallest absolute Gasteiger partial charge is 0.188 e. The summed E-state index contributed by atoms with van der Waals surface area (Å²) in [6.45, 7) is 0. The summed E-state index contributed by atoms with van der Waals surface area (Å²) < 4.78 is 17.5. The molecule has 0 atom stereocenters. The summed E-state index contributed by atoms with van der Waals surface area (Å²) in [6.07, 6.45) is 1.62. The first-order valence-corrected chi connectivity index (χ1v) is 7.59.